The van der Waals surface area contributed by atoms with Gasteiger partial charge in [-0.1, -0.05) is 29.8 Å². The van der Waals surface area contributed by atoms with Gasteiger partial charge in [0, 0.05) is 42.0 Å². The second kappa shape index (κ2) is 4.11. The van der Waals surface area contributed by atoms with Crippen LogP contribution in [0.25, 0.3) is 0 Å². The predicted molar refractivity (Wildman–Crippen MR) is 86.7 cm³/mol. The molecule has 3 heteroatoms. The number of hydrogen-bond acceptors (Lipinski definition) is 3. The molecule has 22 heavy (non-hydrogen) atoms. The molecule has 2 bridgehead atoms. The van der Waals surface area contributed by atoms with Crippen LogP contribution >= 0.6 is 0 Å². The molecule has 4 aliphatic rings. The third kappa shape index (κ3) is 1.25. The lowest BCUT2D eigenvalue weighted by Crippen LogP contribution is -2.52. The number of para-hydroxylation sites is 1. The third-order valence-corrected chi connectivity index (χ3v) is 6.37. The summed E-state index contributed by atoms with van der Waals surface area (Å²) in [7, 11) is 0. The highest BCUT2D eigenvalue weighted by molar-refractivity contribution is 5.84. The van der Waals surface area contributed by atoms with Gasteiger partial charge in [-0.2, -0.15) is 0 Å². The molecule has 0 amide bonds. The van der Waals surface area contributed by atoms with Crippen LogP contribution in [-0.2, 0) is 10.2 Å². The van der Waals surface area contributed by atoms with E-state index in [0.717, 1.165) is 37.8 Å². The van der Waals surface area contributed by atoms with Gasteiger partial charge in [0.1, 0.15) is 6.29 Å². The number of benzene rings is 1. The van der Waals surface area contributed by atoms with Gasteiger partial charge in [0.15, 0.2) is 0 Å². The molecule has 0 aromatic heterocycles. The van der Waals surface area contributed by atoms with Gasteiger partial charge in [-0.3, -0.25) is 9.69 Å². The van der Waals surface area contributed by atoms with E-state index in [1.807, 2.05) is 0 Å². The van der Waals surface area contributed by atoms with Crippen LogP contribution in [0.1, 0.15) is 25.3 Å². The molecule has 1 spiro atoms. The standard InChI is InChI=1S/C19H20N2O/c1-2-12-10-21-8-7-19-15-5-3-4-6-16(15)20-18(19)14(11-22)13(12)9-17(19)21/h2-6,11,13,17,20H,7-10H2,1H3/b12-2-/t13-,17+,19+/m0/s1. The number of piperidine rings is 1. The van der Waals surface area contributed by atoms with E-state index in [9.17, 15) is 4.79 Å². The zero-order chi connectivity index (χ0) is 14.9. The van der Waals surface area contributed by atoms with Crippen LogP contribution in [0.15, 0.2) is 47.2 Å². The Labute approximate surface area is 130 Å². The molecule has 3 nitrogen and oxygen atoms in total. The lowest BCUT2D eigenvalue weighted by molar-refractivity contribution is -0.105. The Morgan fingerprint density at radius 3 is 3.05 bits per heavy atom. The number of fused-ring (bicyclic) bond motifs is 2. The van der Waals surface area contributed by atoms with Crippen molar-refractivity contribution in [1.82, 2.24) is 4.90 Å². The van der Waals surface area contributed by atoms with Crippen LogP contribution in [0.3, 0.4) is 0 Å². The molecule has 0 saturated carbocycles. The van der Waals surface area contributed by atoms with E-state index >= 15 is 0 Å². The molecule has 112 valence electrons. The Hall–Kier alpha value is -1.87. The van der Waals surface area contributed by atoms with E-state index in [4.69, 9.17) is 0 Å². The van der Waals surface area contributed by atoms with Crippen LogP contribution in [-0.4, -0.2) is 30.3 Å². The summed E-state index contributed by atoms with van der Waals surface area (Å²) in [4.78, 5) is 14.6. The smallest absolute Gasteiger partial charge is 0.148 e. The Bertz CT molecular complexity index is 748. The van der Waals surface area contributed by atoms with E-state index in [1.54, 1.807) is 0 Å². The van der Waals surface area contributed by atoms with Gasteiger partial charge in [0.05, 0.1) is 5.41 Å². The van der Waals surface area contributed by atoms with Crippen molar-refractivity contribution in [3.8, 4) is 0 Å². The molecule has 3 aliphatic heterocycles. The van der Waals surface area contributed by atoms with Crippen LogP contribution in [0.2, 0.25) is 0 Å². The van der Waals surface area contributed by atoms with Gasteiger partial charge < -0.3 is 5.32 Å². The quantitative estimate of drug-likeness (QED) is 0.638. The average molecular weight is 292 g/mol. The average Bonchev–Trinajstić information content (AvgIpc) is 3.11. The molecule has 3 heterocycles. The number of rotatable bonds is 1. The summed E-state index contributed by atoms with van der Waals surface area (Å²) in [6.45, 7) is 4.26. The normalized spacial score (nSPS) is 37.0. The summed E-state index contributed by atoms with van der Waals surface area (Å²) in [5.41, 5.74) is 6.25. The number of carbonyl (C=O) groups excluding carboxylic acids is 1. The zero-order valence-electron chi connectivity index (χ0n) is 12.8. The topological polar surface area (TPSA) is 32.3 Å². The number of anilines is 1. The third-order valence-electron chi connectivity index (χ3n) is 6.37. The molecular weight excluding hydrogens is 272 g/mol. The highest BCUT2D eigenvalue weighted by Crippen LogP contribution is 2.60. The first-order valence-electron chi connectivity index (χ1n) is 8.25. The SMILES string of the molecule is C/C=C1/CN2CC[C@]34C(=C(C=O)[C@H]1C[C@@H]23)Nc1ccccc14. The maximum absolute atomic E-state index is 11.9. The molecular formula is C19H20N2O. The number of carbonyl (C=O) groups is 1. The van der Waals surface area contributed by atoms with Crippen molar-refractivity contribution in [2.75, 3.05) is 18.4 Å². The van der Waals surface area contributed by atoms with Crippen molar-refractivity contribution in [3.63, 3.8) is 0 Å². The first kappa shape index (κ1) is 12.7. The highest BCUT2D eigenvalue weighted by Gasteiger charge is 2.60. The fourth-order valence-electron chi connectivity index (χ4n) is 5.44. The summed E-state index contributed by atoms with van der Waals surface area (Å²) in [5, 5.41) is 3.62. The van der Waals surface area contributed by atoms with E-state index in [-0.39, 0.29) is 5.41 Å². The van der Waals surface area contributed by atoms with Crippen LogP contribution in [0, 0.1) is 5.92 Å². The maximum atomic E-state index is 11.9. The Morgan fingerprint density at radius 2 is 2.23 bits per heavy atom. The molecule has 1 N–H and O–H groups in total. The highest BCUT2D eigenvalue weighted by atomic mass is 16.1. The summed E-state index contributed by atoms with van der Waals surface area (Å²) < 4.78 is 0. The summed E-state index contributed by atoms with van der Waals surface area (Å²) in [5.74, 6) is 0.312. The van der Waals surface area contributed by atoms with E-state index in [1.165, 1.54) is 22.5 Å². The lowest BCUT2D eigenvalue weighted by Gasteiger charge is -2.48. The van der Waals surface area contributed by atoms with Gasteiger partial charge in [0.25, 0.3) is 0 Å². The minimum absolute atomic E-state index is 0.0304. The number of nitrogens with zero attached hydrogens (tertiary/aromatic N) is 1. The fourth-order valence-corrected chi connectivity index (χ4v) is 5.44. The van der Waals surface area contributed by atoms with Crippen molar-refractivity contribution in [2.45, 2.75) is 31.2 Å². The molecule has 0 unspecified atom stereocenters. The second-order valence-corrected chi connectivity index (χ2v) is 6.98. The van der Waals surface area contributed by atoms with Crippen LogP contribution < -0.4 is 5.32 Å². The van der Waals surface area contributed by atoms with Crippen LogP contribution in [0.4, 0.5) is 5.69 Å². The number of nitrogens with one attached hydrogen (secondary N) is 1. The molecule has 2 saturated heterocycles. The van der Waals surface area contributed by atoms with Crippen molar-refractivity contribution >= 4 is 12.0 Å². The zero-order valence-corrected chi connectivity index (χ0v) is 12.8. The van der Waals surface area contributed by atoms with Gasteiger partial charge in [-0.15, -0.1) is 0 Å². The summed E-state index contributed by atoms with van der Waals surface area (Å²) in [6, 6.07) is 9.16. The maximum Gasteiger partial charge on any atom is 0.148 e. The summed E-state index contributed by atoms with van der Waals surface area (Å²) in [6.07, 6.45) is 5.55. The minimum Gasteiger partial charge on any atom is -0.358 e. The van der Waals surface area contributed by atoms with E-state index in [0.29, 0.717) is 12.0 Å². The van der Waals surface area contributed by atoms with Crippen LogP contribution in [0.5, 0.6) is 0 Å². The second-order valence-electron chi connectivity index (χ2n) is 6.98. The minimum atomic E-state index is 0.0304. The molecule has 1 aromatic rings. The molecule has 3 atom stereocenters. The molecule has 1 aliphatic carbocycles. The Kier molecular flexibility index (Phi) is 2.36. The molecule has 1 aromatic carbocycles. The van der Waals surface area contributed by atoms with Gasteiger partial charge in [-0.25, -0.2) is 0 Å². The first-order valence-corrected chi connectivity index (χ1v) is 8.25. The Morgan fingerprint density at radius 1 is 1.36 bits per heavy atom. The summed E-state index contributed by atoms with van der Waals surface area (Å²) >= 11 is 0. The van der Waals surface area contributed by atoms with E-state index in [2.05, 4.69) is 47.5 Å². The molecule has 5 rings (SSSR count). The van der Waals surface area contributed by atoms with Crippen molar-refractivity contribution in [2.24, 2.45) is 5.92 Å². The number of allylic oxidation sites excluding steroid dienone is 2. The van der Waals surface area contributed by atoms with Crippen molar-refractivity contribution in [3.05, 3.63) is 52.7 Å². The fraction of sp³-hybridized carbons (Fsp3) is 0.421. The van der Waals surface area contributed by atoms with Crippen molar-refractivity contribution < 1.29 is 4.79 Å². The predicted octanol–water partition coefficient (Wildman–Crippen LogP) is 2.86. The lowest BCUT2D eigenvalue weighted by atomic mass is 9.62. The number of aldehydes is 1. The molecule has 2 fully saturated rings. The van der Waals surface area contributed by atoms with Gasteiger partial charge >= 0.3 is 0 Å². The molecule has 0 radical (unpaired) electrons. The van der Waals surface area contributed by atoms with Gasteiger partial charge in [0.2, 0.25) is 0 Å². The van der Waals surface area contributed by atoms with Crippen molar-refractivity contribution in [1.29, 1.82) is 0 Å². The van der Waals surface area contributed by atoms with Gasteiger partial charge in [-0.05, 0) is 31.4 Å². The number of hydrogen-bond donors (Lipinski definition) is 1. The Balaban J connectivity index is 1.83. The monoisotopic (exact) mass is 292 g/mol. The largest absolute Gasteiger partial charge is 0.358 e. The first-order chi connectivity index (χ1) is 10.8. The van der Waals surface area contributed by atoms with E-state index < -0.39 is 0 Å².